The number of carbonyl (C=O) groups excluding carboxylic acids is 1. The minimum atomic E-state index is -1.74. The first-order valence-corrected chi connectivity index (χ1v) is 18.0. The van der Waals surface area contributed by atoms with Gasteiger partial charge >= 0.3 is 6.03 Å². The molecule has 0 aliphatic heterocycles. The first-order chi connectivity index (χ1) is 15.9. The second-order valence-electron chi connectivity index (χ2n) is 8.59. The van der Waals surface area contributed by atoms with Crippen LogP contribution in [0.2, 0.25) is 41.3 Å². The van der Waals surface area contributed by atoms with E-state index in [0.29, 0.717) is 33.9 Å². The minimum absolute atomic E-state index is 0. The van der Waals surface area contributed by atoms with Crippen molar-refractivity contribution in [3.63, 3.8) is 0 Å². The molecule has 198 valence electrons. The van der Waals surface area contributed by atoms with E-state index in [1.165, 1.54) is 10.9 Å². The van der Waals surface area contributed by atoms with Crippen LogP contribution in [0, 0.1) is 0 Å². The zero-order valence-corrected chi connectivity index (χ0v) is 27.3. The van der Waals surface area contributed by atoms with Crippen molar-refractivity contribution >= 4 is 57.5 Å². The average Bonchev–Trinajstić information content (AvgIpc) is 3.28. The minimum Gasteiger partial charge on any atom is -0.489 e. The molecule has 0 bridgehead atoms. The number of nitrogens with zero attached hydrogens (tertiary/aromatic N) is 3. The Labute approximate surface area is 240 Å². The van der Waals surface area contributed by atoms with E-state index < -0.39 is 16.6 Å². The molecule has 1 heterocycles. The summed E-state index contributed by atoms with van der Waals surface area (Å²) in [5, 5.41) is 1.12. The van der Waals surface area contributed by atoms with Crippen molar-refractivity contribution in [1.82, 2.24) is 14.5 Å². The fourth-order valence-corrected chi connectivity index (χ4v) is 9.90. The molecule has 2 aromatic rings. The summed E-state index contributed by atoms with van der Waals surface area (Å²) < 4.78 is 13.0. The predicted octanol–water partition coefficient (Wildman–Crippen LogP) is 7.46. The van der Waals surface area contributed by atoms with E-state index in [-0.39, 0.29) is 33.7 Å². The standard InChI is InChI=1S/C15H16Cl3N3O2.C8H18OSi2.Pt/c1-2-4-20(15(22)21-5-3-19-10-21)6-7-23-14-12(17)8-11(16)9-13(14)18;1-7-11(6,8-2)9-10(3,4)5;/h3,5,8-10H,2,4,6-7H2,1H3;7-8H,1-2H2,3-6H3;. The zero-order chi connectivity index (χ0) is 25.9. The summed E-state index contributed by atoms with van der Waals surface area (Å²) in [7, 11) is -3.16. The Hall–Kier alpha value is -0.868. The van der Waals surface area contributed by atoms with Crippen LogP contribution in [-0.2, 0) is 25.2 Å². The molecule has 0 N–H and O–H groups in total. The zero-order valence-electron chi connectivity index (χ0n) is 20.8. The number of imidazole rings is 1. The van der Waals surface area contributed by atoms with Gasteiger partial charge in [0.05, 0.1) is 16.6 Å². The topological polar surface area (TPSA) is 56.6 Å². The number of hydrogen-bond donors (Lipinski definition) is 0. The number of halogens is 3. The van der Waals surface area contributed by atoms with Crippen molar-refractivity contribution in [2.24, 2.45) is 0 Å². The van der Waals surface area contributed by atoms with Crippen LogP contribution >= 0.6 is 34.8 Å². The molecular formula is C23H34Cl3N3O3PtSi2. The Balaban J connectivity index is 0.000000822. The maximum atomic E-state index is 12.3. The molecule has 0 saturated heterocycles. The van der Waals surface area contributed by atoms with Crippen LogP contribution in [0.4, 0.5) is 4.79 Å². The summed E-state index contributed by atoms with van der Waals surface area (Å²) in [6.07, 6.45) is 5.48. The fraction of sp³-hybridized carbons (Fsp3) is 0.391. The Kier molecular flexibility index (Phi) is 15.7. The van der Waals surface area contributed by atoms with Crippen LogP contribution in [0.15, 0.2) is 55.4 Å². The first kappa shape index (κ1) is 34.1. The third kappa shape index (κ3) is 12.3. The molecular weight excluding hydrogens is 724 g/mol. The van der Waals surface area contributed by atoms with E-state index in [1.807, 2.05) is 18.3 Å². The van der Waals surface area contributed by atoms with Gasteiger partial charge in [0.2, 0.25) is 8.32 Å². The molecule has 0 atom stereocenters. The molecule has 0 spiro atoms. The number of carbonyl (C=O) groups is 1. The van der Waals surface area contributed by atoms with E-state index in [4.69, 9.17) is 43.7 Å². The Bertz CT molecular complexity index is 926. The number of ether oxygens (including phenoxy) is 1. The molecule has 0 saturated carbocycles. The van der Waals surface area contributed by atoms with E-state index >= 15 is 0 Å². The molecule has 1 aromatic carbocycles. The Morgan fingerprint density at radius 3 is 2.09 bits per heavy atom. The van der Waals surface area contributed by atoms with Gasteiger partial charge in [-0.15, -0.1) is 13.2 Å². The smallest absolute Gasteiger partial charge is 0.329 e. The van der Waals surface area contributed by atoms with Crippen LogP contribution in [0.25, 0.3) is 0 Å². The molecule has 1 amide bonds. The number of hydrogen-bond acceptors (Lipinski definition) is 4. The normalized spacial score (nSPS) is 11.0. The Morgan fingerprint density at radius 1 is 1.11 bits per heavy atom. The van der Waals surface area contributed by atoms with Crippen LogP contribution in [0.1, 0.15) is 13.3 Å². The summed E-state index contributed by atoms with van der Waals surface area (Å²) in [6.45, 7) is 19.5. The molecule has 12 heteroatoms. The van der Waals surface area contributed by atoms with Crippen molar-refractivity contribution in [2.45, 2.75) is 39.5 Å². The quantitative estimate of drug-likeness (QED) is 0.236. The number of rotatable bonds is 10. The molecule has 0 aliphatic carbocycles. The molecule has 35 heavy (non-hydrogen) atoms. The maximum Gasteiger partial charge on any atom is 0.329 e. The van der Waals surface area contributed by atoms with E-state index in [1.54, 1.807) is 29.4 Å². The van der Waals surface area contributed by atoms with Gasteiger partial charge in [0, 0.05) is 45.0 Å². The van der Waals surface area contributed by atoms with Crippen molar-refractivity contribution in [1.29, 1.82) is 0 Å². The van der Waals surface area contributed by atoms with Crippen molar-refractivity contribution in [3.8, 4) is 5.75 Å². The molecule has 0 fully saturated rings. The van der Waals surface area contributed by atoms with Crippen LogP contribution in [0.3, 0.4) is 0 Å². The third-order valence-corrected chi connectivity index (χ3v) is 11.0. The average molecular weight is 758 g/mol. The molecule has 2 rings (SSSR count). The van der Waals surface area contributed by atoms with Crippen molar-refractivity contribution in [2.75, 3.05) is 19.7 Å². The number of amides is 1. The van der Waals surface area contributed by atoms with Crippen LogP contribution in [0.5, 0.6) is 5.75 Å². The molecule has 0 aliphatic rings. The monoisotopic (exact) mass is 756 g/mol. The first-order valence-electron chi connectivity index (χ1n) is 10.9. The van der Waals surface area contributed by atoms with Crippen LogP contribution < -0.4 is 4.74 Å². The van der Waals surface area contributed by atoms with Crippen molar-refractivity contribution < 1.29 is 34.7 Å². The molecule has 6 nitrogen and oxygen atoms in total. The molecule has 1 aromatic heterocycles. The van der Waals surface area contributed by atoms with Gasteiger partial charge in [-0.1, -0.05) is 53.1 Å². The van der Waals surface area contributed by atoms with Gasteiger partial charge in [-0.3, -0.25) is 4.57 Å². The van der Waals surface area contributed by atoms with Crippen LogP contribution in [-0.4, -0.2) is 56.8 Å². The summed E-state index contributed by atoms with van der Waals surface area (Å²) in [4.78, 5) is 17.9. The largest absolute Gasteiger partial charge is 0.489 e. The van der Waals surface area contributed by atoms with Gasteiger partial charge in [0.25, 0.3) is 0 Å². The number of benzene rings is 1. The second-order valence-corrected chi connectivity index (χ2v) is 18.1. The van der Waals surface area contributed by atoms with Gasteiger partial charge in [0.1, 0.15) is 12.9 Å². The van der Waals surface area contributed by atoms with Gasteiger partial charge in [-0.25, -0.2) is 9.78 Å². The fourth-order valence-electron chi connectivity index (χ4n) is 2.86. The third-order valence-electron chi connectivity index (χ3n) is 4.40. The number of aromatic nitrogens is 2. The van der Waals surface area contributed by atoms with E-state index in [0.717, 1.165) is 6.42 Å². The van der Waals surface area contributed by atoms with E-state index in [2.05, 4.69) is 44.3 Å². The van der Waals surface area contributed by atoms with Gasteiger partial charge < -0.3 is 13.8 Å². The molecule has 0 radical (unpaired) electrons. The molecule has 0 unspecified atom stereocenters. The summed E-state index contributed by atoms with van der Waals surface area (Å²) in [5.41, 5.74) is 3.86. The Morgan fingerprint density at radius 2 is 1.69 bits per heavy atom. The maximum absolute atomic E-state index is 12.3. The van der Waals surface area contributed by atoms with Gasteiger partial charge in [-0.05, 0) is 44.7 Å². The van der Waals surface area contributed by atoms with Crippen molar-refractivity contribution in [3.05, 3.63) is 70.5 Å². The predicted molar refractivity (Wildman–Crippen MR) is 148 cm³/mol. The van der Waals surface area contributed by atoms with Gasteiger partial charge in [0.15, 0.2) is 14.1 Å². The van der Waals surface area contributed by atoms with Gasteiger partial charge in [-0.2, -0.15) is 0 Å². The SMILES string of the molecule is C=C[Si](C)(C=C)O[Si](C)(C)C.CCCN(CCOc1c(Cl)cc(Cl)cc1Cl)C(=O)n1ccnc1.[Pt]. The summed E-state index contributed by atoms with van der Waals surface area (Å²) in [5.74, 6) is 0.365. The van der Waals surface area contributed by atoms with E-state index in [9.17, 15) is 4.79 Å². The summed E-state index contributed by atoms with van der Waals surface area (Å²) in [6, 6.07) is 2.97. The second kappa shape index (κ2) is 16.1. The summed E-state index contributed by atoms with van der Waals surface area (Å²) >= 11 is 18.0.